The number of rotatable bonds is 7. The Morgan fingerprint density at radius 2 is 1.95 bits per heavy atom. The van der Waals surface area contributed by atoms with E-state index in [4.69, 9.17) is 9.47 Å². The predicted octanol–water partition coefficient (Wildman–Crippen LogP) is 1.13. The van der Waals surface area contributed by atoms with E-state index in [1.54, 1.807) is 25.2 Å². The number of hydrogen-bond donors (Lipinski definition) is 2. The zero-order valence-corrected chi connectivity index (χ0v) is 13.2. The lowest BCUT2D eigenvalue weighted by Crippen LogP contribution is -2.26. The maximum atomic E-state index is 11.6. The predicted molar refractivity (Wildman–Crippen MR) is 82.0 cm³/mol. The molecule has 118 valence electrons. The zero-order valence-electron chi connectivity index (χ0n) is 12.4. The molecule has 0 radical (unpaired) electrons. The summed E-state index contributed by atoms with van der Waals surface area (Å²) in [6.07, 6.45) is 0.413. The molecule has 1 rings (SSSR count). The highest BCUT2D eigenvalue weighted by Crippen LogP contribution is 2.20. The Morgan fingerprint density at radius 3 is 2.52 bits per heavy atom. The molecule has 0 aliphatic rings. The number of methoxy groups -OCH3 is 2. The number of nitrogens with one attached hydrogen (secondary N) is 2. The topological polar surface area (TPSA) is 76.7 Å². The van der Waals surface area contributed by atoms with Crippen LogP contribution >= 0.6 is 12.4 Å². The monoisotopic (exact) mass is 316 g/mol. The number of ether oxygens (including phenoxy) is 2. The van der Waals surface area contributed by atoms with Crippen molar-refractivity contribution < 1.29 is 19.1 Å². The Kier molecular flexibility index (Phi) is 9.16. The molecule has 0 unspecified atom stereocenters. The van der Waals surface area contributed by atoms with Gasteiger partial charge in [-0.1, -0.05) is 6.07 Å². The summed E-state index contributed by atoms with van der Waals surface area (Å²) in [5.41, 5.74) is 1.15. The average Bonchev–Trinajstić information content (AvgIpc) is 2.49. The standard InChI is InChI=1S/C14H20N2O4.ClH/c1-15-7-6-13(17)16-9-10-4-5-12(19-2)11(8-10)14(18)20-3;/h4-5,8,15H,6-7,9H2,1-3H3,(H,16,17);1H. The molecule has 1 aromatic rings. The van der Waals surface area contributed by atoms with Crippen LogP contribution in [0.15, 0.2) is 18.2 Å². The van der Waals surface area contributed by atoms with Crippen LogP contribution in [-0.4, -0.2) is 39.7 Å². The molecule has 0 heterocycles. The molecule has 0 aliphatic carbocycles. The van der Waals surface area contributed by atoms with E-state index in [1.165, 1.54) is 14.2 Å². The van der Waals surface area contributed by atoms with Crippen LogP contribution in [0.25, 0.3) is 0 Å². The summed E-state index contributed by atoms with van der Waals surface area (Å²) in [6.45, 7) is 0.985. The van der Waals surface area contributed by atoms with Crippen molar-refractivity contribution in [2.24, 2.45) is 0 Å². The third kappa shape index (κ3) is 6.01. The van der Waals surface area contributed by atoms with Gasteiger partial charge in [0.1, 0.15) is 11.3 Å². The molecular weight excluding hydrogens is 296 g/mol. The van der Waals surface area contributed by atoms with E-state index in [2.05, 4.69) is 10.6 Å². The summed E-state index contributed by atoms with van der Waals surface area (Å²) >= 11 is 0. The van der Waals surface area contributed by atoms with E-state index in [9.17, 15) is 9.59 Å². The van der Waals surface area contributed by atoms with Crippen LogP contribution in [0.3, 0.4) is 0 Å². The highest BCUT2D eigenvalue weighted by Gasteiger charge is 2.13. The van der Waals surface area contributed by atoms with Gasteiger partial charge < -0.3 is 20.1 Å². The van der Waals surface area contributed by atoms with E-state index >= 15 is 0 Å². The van der Waals surface area contributed by atoms with Gasteiger partial charge in [0.25, 0.3) is 0 Å². The molecule has 0 spiro atoms. The fourth-order valence-corrected chi connectivity index (χ4v) is 1.66. The first-order chi connectivity index (χ1) is 9.62. The Hall–Kier alpha value is -1.79. The number of benzene rings is 1. The van der Waals surface area contributed by atoms with Gasteiger partial charge in [-0.05, 0) is 24.7 Å². The number of carbonyl (C=O) groups excluding carboxylic acids is 2. The van der Waals surface area contributed by atoms with Gasteiger partial charge in [0.15, 0.2) is 0 Å². The van der Waals surface area contributed by atoms with Gasteiger partial charge in [0.05, 0.1) is 14.2 Å². The molecule has 1 aromatic carbocycles. The van der Waals surface area contributed by atoms with Crippen LogP contribution in [-0.2, 0) is 16.1 Å². The van der Waals surface area contributed by atoms with Crippen molar-refractivity contribution in [3.63, 3.8) is 0 Å². The first-order valence-corrected chi connectivity index (χ1v) is 6.29. The van der Waals surface area contributed by atoms with Crippen molar-refractivity contribution in [3.05, 3.63) is 29.3 Å². The lowest BCUT2D eigenvalue weighted by molar-refractivity contribution is -0.121. The zero-order chi connectivity index (χ0) is 15.0. The molecule has 2 N–H and O–H groups in total. The largest absolute Gasteiger partial charge is 0.496 e. The third-order valence-corrected chi connectivity index (χ3v) is 2.76. The van der Waals surface area contributed by atoms with Crippen molar-refractivity contribution >= 4 is 24.3 Å². The van der Waals surface area contributed by atoms with Crippen LogP contribution < -0.4 is 15.4 Å². The molecule has 7 heteroatoms. The fraction of sp³-hybridized carbons (Fsp3) is 0.429. The second kappa shape index (κ2) is 10.0. The minimum Gasteiger partial charge on any atom is -0.496 e. The van der Waals surface area contributed by atoms with Crippen molar-refractivity contribution in [1.29, 1.82) is 0 Å². The van der Waals surface area contributed by atoms with Gasteiger partial charge in [0, 0.05) is 19.5 Å². The Morgan fingerprint density at radius 1 is 1.24 bits per heavy atom. The van der Waals surface area contributed by atoms with Gasteiger partial charge in [-0.25, -0.2) is 4.79 Å². The molecular formula is C14H21ClN2O4. The average molecular weight is 317 g/mol. The molecule has 0 bridgehead atoms. The van der Waals surface area contributed by atoms with Crippen LogP contribution in [0.1, 0.15) is 22.3 Å². The summed E-state index contributed by atoms with van der Waals surface area (Å²) in [7, 11) is 4.59. The van der Waals surface area contributed by atoms with Gasteiger partial charge in [-0.3, -0.25) is 4.79 Å². The quantitative estimate of drug-likeness (QED) is 0.737. The molecule has 0 saturated heterocycles. The molecule has 0 atom stereocenters. The smallest absolute Gasteiger partial charge is 0.341 e. The number of esters is 1. The normalized spacial score (nSPS) is 9.48. The highest BCUT2D eigenvalue weighted by molar-refractivity contribution is 5.92. The SMILES string of the molecule is CNCCC(=O)NCc1ccc(OC)c(C(=O)OC)c1.Cl. The maximum Gasteiger partial charge on any atom is 0.341 e. The second-order valence-corrected chi connectivity index (χ2v) is 4.16. The number of hydrogen-bond acceptors (Lipinski definition) is 5. The van der Waals surface area contributed by atoms with Crippen molar-refractivity contribution in [2.75, 3.05) is 27.8 Å². The van der Waals surface area contributed by atoms with Crippen LogP contribution in [0.5, 0.6) is 5.75 Å². The molecule has 6 nitrogen and oxygen atoms in total. The summed E-state index contributed by atoms with van der Waals surface area (Å²) in [4.78, 5) is 23.1. The number of halogens is 1. The van der Waals surface area contributed by atoms with E-state index < -0.39 is 5.97 Å². The fourth-order valence-electron chi connectivity index (χ4n) is 1.66. The van der Waals surface area contributed by atoms with Gasteiger partial charge in [0.2, 0.25) is 5.91 Å². The first-order valence-electron chi connectivity index (χ1n) is 6.29. The molecule has 0 saturated carbocycles. The van der Waals surface area contributed by atoms with E-state index in [-0.39, 0.29) is 18.3 Å². The summed E-state index contributed by atoms with van der Waals surface area (Å²) in [6, 6.07) is 5.13. The summed E-state index contributed by atoms with van der Waals surface area (Å²) in [5, 5.41) is 5.69. The molecule has 0 fully saturated rings. The van der Waals surface area contributed by atoms with Crippen molar-refractivity contribution in [1.82, 2.24) is 10.6 Å². The summed E-state index contributed by atoms with van der Waals surface area (Å²) < 4.78 is 9.80. The lowest BCUT2D eigenvalue weighted by atomic mass is 10.1. The lowest BCUT2D eigenvalue weighted by Gasteiger charge is -2.10. The Labute approximate surface area is 130 Å². The van der Waals surface area contributed by atoms with Crippen LogP contribution in [0, 0.1) is 0 Å². The molecule has 0 aliphatic heterocycles. The minimum atomic E-state index is -0.467. The van der Waals surface area contributed by atoms with Crippen molar-refractivity contribution in [3.8, 4) is 5.75 Å². The number of carbonyl (C=O) groups is 2. The minimum absolute atomic E-state index is 0. The Balaban J connectivity index is 0.00000400. The van der Waals surface area contributed by atoms with Crippen molar-refractivity contribution in [2.45, 2.75) is 13.0 Å². The molecule has 0 aromatic heterocycles. The first kappa shape index (κ1) is 19.2. The Bertz CT molecular complexity index is 480. The third-order valence-electron chi connectivity index (χ3n) is 2.76. The van der Waals surface area contributed by atoms with Crippen LogP contribution in [0.4, 0.5) is 0 Å². The second-order valence-electron chi connectivity index (χ2n) is 4.16. The summed E-state index contributed by atoms with van der Waals surface area (Å²) in [5.74, 6) is -0.0675. The molecule has 1 amide bonds. The van der Waals surface area contributed by atoms with E-state index in [0.717, 1.165) is 5.56 Å². The number of amides is 1. The van der Waals surface area contributed by atoms with E-state index in [1.807, 2.05) is 0 Å². The molecule has 21 heavy (non-hydrogen) atoms. The maximum absolute atomic E-state index is 11.6. The van der Waals surface area contributed by atoms with Gasteiger partial charge in [-0.15, -0.1) is 12.4 Å². The highest BCUT2D eigenvalue weighted by atomic mass is 35.5. The van der Waals surface area contributed by atoms with Gasteiger partial charge in [-0.2, -0.15) is 0 Å². The van der Waals surface area contributed by atoms with E-state index in [0.29, 0.717) is 30.8 Å². The van der Waals surface area contributed by atoms with Gasteiger partial charge >= 0.3 is 5.97 Å². The van der Waals surface area contributed by atoms with Crippen LogP contribution in [0.2, 0.25) is 0 Å².